The van der Waals surface area contributed by atoms with Gasteiger partial charge in [0.2, 0.25) is 0 Å². The van der Waals surface area contributed by atoms with E-state index in [9.17, 15) is 4.79 Å². The molecule has 1 aromatic carbocycles. The van der Waals surface area contributed by atoms with Gasteiger partial charge < -0.3 is 10.5 Å². The third-order valence-corrected chi connectivity index (χ3v) is 4.82. The van der Waals surface area contributed by atoms with Crippen LogP contribution >= 0.6 is 0 Å². The van der Waals surface area contributed by atoms with Gasteiger partial charge in [-0.3, -0.25) is 14.7 Å². The van der Waals surface area contributed by atoms with Crippen molar-refractivity contribution in [3.05, 3.63) is 48.3 Å². The molecule has 0 bridgehead atoms. The molecule has 0 aliphatic carbocycles. The van der Waals surface area contributed by atoms with Crippen LogP contribution in [0.3, 0.4) is 0 Å². The number of hydrogen-bond donors (Lipinski definition) is 1. The molecule has 2 N–H and O–H groups in total. The Kier molecular flexibility index (Phi) is 4.93. The Morgan fingerprint density at radius 3 is 2.69 bits per heavy atom. The number of methoxy groups -OCH3 is 1. The molecule has 1 atom stereocenters. The molecule has 0 spiro atoms. The molecule has 26 heavy (non-hydrogen) atoms. The monoisotopic (exact) mass is 352 g/mol. The SMILES string of the molecule is CCCCC1(c2cncc(-c3cccc(OC)c3)c2)N=C(N)N(C)C1=O. The molecule has 0 saturated carbocycles. The fourth-order valence-electron chi connectivity index (χ4n) is 3.25. The van der Waals surface area contributed by atoms with E-state index in [0.717, 1.165) is 35.3 Å². The Bertz CT molecular complexity index is 849. The summed E-state index contributed by atoms with van der Waals surface area (Å²) in [4.78, 5) is 23.3. The van der Waals surface area contributed by atoms with Crippen LogP contribution in [0.4, 0.5) is 0 Å². The highest BCUT2D eigenvalue weighted by Gasteiger charge is 2.47. The van der Waals surface area contributed by atoms with Crippen molar-refractivity contribution < 1.29 is 9.53 Å². The van der Waals surface area contributed by atoms with Crippen molar-refractivity contribution in [2.45, 2.75) is 31.7 Å². The van der Waals surface area contributed by atoms with Gasteiger partial charge in [-0.1, -0.05) is 31.9 Å². The third kappa shape index (κ3) is 3.03. The second-order valence-corrected chi connectivity index (χ2v) is 6.49. The molecule has 2 aromatic rings. The number of hydrogen-bond acceptors (Lipinski definition) is 5. The van der Waals surface area contributed by atoms with Gasteiger partial charge in [0.25, 0.3) is 5.91 Å². The number of amides is 1. The summed E-state index contributed by atoms with van der Waals surface area (Å²) in [6, 6.07) is 9.73. The molecule has 1 aliphatic heterocycles. The Morgan fingerprint density at radius 2 is 2.04 bits per heavy atom. The summed E-state index contributed by atoms with van der Waals surface area (Å²) in [6.45, 7) is 2.09. The van der Waals surface area contributed by atoms with E-state index in [0.29, 0.717) is 6.42 Å². The van der Waals surface area contributed by atoms with Gasteiger partial charge in [0.1, 0.15) is 5.75 Å². The van der Waals surface area contributed by atoms with Crippen molar-refractivity contribution in [1.29, 1.82) is 0 Å². The van der Waals surface area contributed by atoms with Crippen LogP contribution in [0.1, 0.15) is 31.7 Å². The normalized spacial score (nSPS) is 19.6. The summed E-state index contributed by atoms with van der Waals surface area (Å²) in [6.07, 6.45) is 5.95. The second kappa shape index (κ2) is 7.15. The Morgan fingerprint density at radius 1 is 1.23 bits per heavy atom. The molecule has 3 rings (SSSR count). The van der Waals surface area contributed by atoms with Crippen LogP contribution in [0, 0.1) is 0 Å². The molecule has 6 nitrogen and oxygen atoms in total. The summed E-state index contributed by atoms with van der Waals surface area (Å²) in [5.74, 6) is 0.915. The molecule has 0 saturated heterocycles. The van der Waals surface area contributed by atoms with E-state index in [4.69, 9.17) is 10.5 Å². The largest absolute Gasteiger partial charge is 0.497 e. The maximum absolute atomic E-state index is 13.0. The molecule has 1 aliphatic rings. The zero-order chi connectivity index (χ0) is 18.7. The van der Waals surface area contributed by atoms with E-state index in [2.05, 4.69) is 16.9 Å². The van der Waals surface area contributed by atoms with Gasteiger partial charge in [-0.05, 0) is 30.2 Å². The smallest absolute Gasteiger partial charge is 0.261 e. The average molecular weight is 352 g/mol. The van der Waals surface area contributed by atoms with Crippen LogP contribution in [-0.2, 0) is 10.3 Å². The van der Waals surface area contributed by atoms with E-state index >= 15 is 0 Å². The number of unbranched alkanes of at least 4 members (excludes halogenated alkanes) is 1. The zero-order valence-corrected chi connectivity index (χ0v) is 15.4. The fraction of sp³-hybridized carbons (Fsp3) is 0.350. The van der Waals surface area contributed by atoms with E-state index in [-0.39, 0.29) is 11.9 Å². The van der Waals surface area contributed by atoms with Gasteiger partial charge in [0, 0.05) is 30.6 Å². The lowest BCUT2D eigenvalue weighted by Gasteiger charge is -2.25. The van der Waals surface area contributed by atoms with Gasteiger partial charge in [-0.25, -0.2) is 4.99 Å². The van der Waals surface area contributed by atoms with Crippen LogP contribution in [0.15, 0.2) is 47.7 Å². The minimum Gasteiger partial charge on any atom is -0.497 e. The predicted molar refractivity (Wildman–Crippen MR) is 102 cm³/mol. The van der Waals surface area contributed by atoms with Gasteiger partial charge in [0.05, 0.1) is 7.11 Å². The lowest BCUT2D eigenvalue weighted by Crippen LogP contribution is -2.40. The summed E-state index contributed by atoms with van der Waals surface area (Å²) in [7, 11) is 3.30. The highest BCUT2D eigenvalue weighted by molar-refractivity contribution is 6.07. The zero-order valence-electron chi connectivity index (χ0n) is 15.4. The quantitative estimate of drug-likeness (QED) is 0.867. The first-order valence-corrected chi connectivity index (χ1v) is 8.75. The van der Waals surface area contributed by atoms with Crippen molar-refractivity contribution >= 4 is 11.9 Å². The molecule has 136 valence electrons. The number of carbonyl (C=O) groups is 1. The number of likely N-dealkylation sites (N-methyl/N-ethyl adjacent to an activating group) is 1. The highest BCUT2D eigenvalue weighted by atomic mass is 16.5. The molecule has 0 fully saturated rings. The summed E-state index contributed by atoms with van der Waals surface area (Å²) < 4.78 is 5.30. The number of pyridine rings is 1. The number of ether oxygens (including phenoxy) is 1. The molecule has 1 aromatic heterocycles. The van der Waals surface area contributed by atoms with Crippen molar-refractivity contribution in [1.82, 2.24) is 9.88 Å². The van der Waals surface area contributed by atoms with Crippen LogP contribution in [0.5, 0.6) is 5.75 Å². The lowest BCUT2D eigenvalue weighted by molar-refractivity contribution is -0.130. The van der Waals surface area contributed by atoms with Gasteiger partial charge in [0.15, 0.2) is 11.5 Å². The molecular weight excluding hydrogens is 328 g/mol. The highest BCUT2D eigenvalue weighted by Crippen LogP contribution is 2.38. The molecule has 6 heteroatoms. The first-order valence-electron chi connectivity index (χ1n) is 8.75. The van der Waals surface area contributed by atoms with Crippen LogP contribution in [0.2, 0.25) is 0 Å². The van der Waals surface area contributed by atoms with Crippen molar-refractivity contribution in [3.8, 4) is 16.9 Å². The number of benzene rings is 1. The van der Waals surface area contributed by atoms with Crippen molar-refractivity contribution in [3.63, 3.8) is 0 Å². The van der Waals surface area contributed by atoms with E-state index in [1.807, 2.05) is 30.3 Å². The average Bonchev–Trinajstić information content (AvgIpc) is 2.91. The molecule has 1 unspecified atom stereocenters. The van der Waals surface area contributed by atoms with Crippen molar-refractivity contribution in [2.75, 3.05) is 14.2 Å². The molecule has 2 heterocycles. The summed E-state index contributed by atoms with van der Waals surface area (Å²) in [5.41, 5.74) is 7.62. The summed E-state index contributed by atoms with van der Waals surface area (Å²) in [5, 5.41) is 0. The van der Waals surface area contributed by atoms with Crippen molar-refractivity contribution in [2.24, 2.45) is 10.7 Å². The number of guanidine groups is 1. The number of rotatable bonds is 6. The van der Waals surface area contributed by atoms with Crippen LogP contribution in [-0.4, -0.2) is 35.9 Å². The van der Waals surface area contributed by atoms with Crippen LogP contribution in [0.25, 0.3) is 11.1 Å². The first-order chi connectivity index (χ1) is 12.5. The van der Waals surface area contributed by atoms with Crippen LogP contribution < -0.4 is 10.5 Å². The maximum Gasteiger partial charge on any atom is 0.261 e. The Hall–Kier alpha value is -2.89. The number of aromatic nitrogens is 1. The topological polar surface area (TPSA) is 80.8 Å². The summed E-state index contributed by atoms with van der Waals surface area (Å²) >= 11 is 0. The third-order valence-electron chi connectivity index (χ3n) is 4.82. The Balaban J connectivity index is 2.08. The number of nitrogens with two attached hydrogens (primary N) is 1. The van der Waals surface area contributed by atoms with Gasteiger partial charge >= 0.3 is 0 Å². The van der Waals surface area contributed by atoms with Gasteiger partial charge in [-0.15, -0.1) is 0 Å². The lowest BCUT2D eigenvalue weighted by atomic mass is 9.85. The van der Waals surface area contributed by atoms with Gasteiger partial charge in [-0.2, -0.15) is 0 Å². The Labute approximate surface area is 153 Å². The minimum atomic E-state index is -0.989. The molecule has 1 amide bonds. The number of aliphatic imine (C=N–C) groups is 1. The predicted octanol–water partition coefficient (Wildman–Crippen LogP) is 2.93. The number of nitrogens with zero attached hydrogens (tertiary/aromatic N) is 3. The standard InChI is InChI=1S/C20H24N4O2/c1-4-5-9-20(18(25)24(2)19(21)23-20)16-10-15(12-22-13-16)14-7-6-8-17(11-14)26-3/h6-8,10-13H,4-5,9H2,1-3H3,(H2,21,23). The van der Waals surface area contributed by atoms with E-state index in [1.165, 1.54) is 4.90 Å². The minimum absolute atomic E-state index is 0.104. The van der Waals surface area contributed by atoms with E-state index in [1.54, 1.807) is 26.6 Å². The fourth-order valence-corrected chi connectivity index (χ4v) is 3.25. The number of carbonyl (C=O) groups excluding carboxylic acids is 1. The van der Waals surface area contributed by atoms with E-state index < -0.39 is 5.54 Å². The first kappa shape index (κ1) is 17.9. The maximum atomic E-state index is 13.0. The molecular formula is C20H24N4O2. The molecule has 0 radical (unpaired) electrons. The second-order valence-electron chi connectivity index (χ2n) is 6.49.